The number of hydrogen-bond donors (Lipinski definition) is 2. The van der Waals surface area contributed by atoms with E-state index >= 15 is 0 Å². The van der Waals surface area contributed by atoms with Gasteiger partial charge in [-0.3, -0.25) is 19.8 Å². The van der Waals surface area contributed by atoms with E-state index in [1.165, 1.54) is 25.3 Å². The average Bonchev–Trinajstić information content (AvgIpc) is 2.53. The van der Waals surface area contributed by atoms with E-state index < -0.39 is 23.0 Å². The van der Waals surface area contributed by atoms with E-state index in [9.17, 15) is 19.7 Å². The number of rotatable bonds is 8. The van der Waals surface area contributed by atoms with Crippen LogP contribution in [0.5, 0.6) is 0 Å². The minimum absolute atomic E-state index is 0.131. The Kier molecular flexibility index (Phi) is 6.94. The molecule has 0 spiro atoms. The highest BCUT2D eigenvalue weighted by molar-refractivity contribution is 5.90. The first-order valence-electron chi connectivity index (χ1n) is 6.95. The first-order valence-corrected chi connectivity index (χ1v) is 6.95. The van der Waals surface area contributed by atoms with Crippen molar-refractivity contribution >= 4 is 23.4 Å². The SMILES string of the molecule is COC(=O)N(CCCC[C@H](N)C(=O)O)c1ccccc1[N+](=O)[O-]. The molecule has 1 aromatic rings. The molecule has 1 atom stereocenters. The lowest BCUT2D eigenvalue weighted by Crippen LogP contribution is -2.33. The number of carbonyl (C=O) groups excluding carboxylic acids is 1. The third kappa shape index (κ3) is 5.22. The molecule has 0 radical (unpaired) electrons. The molecular weight excluding hydrogens is 306 g/mol. The van der Waals surface area contributed by atoms with Crippen LogP contribution >= 0.6 is 0 Å². The third-order valence-corrected chi connectivity index (χ3v) is 3.23. The Hall–Kier alpha value is -2.68. The Morgan fingerprint density at radius 3 is 2.61 bits per heavy atom. The topological polar surface area (TPSA) is 136 Å². The molecule has 0 unspecified atom stereocenters. The highest BCUT2D eigenvalue weighted by atomic mass is 16.6. The second kappa shape index (κ2) is 8.69. The van der Waals surface area contributed by atoms with Gasteiger partial charge in [0.1, 0.15) is 11.7 Å². The number of methoxy groups -OCH3 is 1. The number of aliphatic carboxylic acids is 1. The Morgan fingerprint density at radius 2 is 2.04 bits per heavy atom. The molecule has 1 amide bonds. The molecule has 0 saturated carbocycles. The summed E-state index contributed by atoms with van der Waals surface area (Å²) in [6, 6.07) is 4.87. The van der Waals surface area contributed by atoms with Crippen LogP contribution in [0.2, 0.25) is 0 Å². The van der Waals surface area contributed by atoms with Gasteiger partial charge in [0.05, 0.1) is 12.0 Å². The number of unbranched alkanes of at least 4 members (excludes halogenated alkanes) is 1. The standard InChI is InChI=1S/C14H19N3O6/c1-23-14(20)16(9-5-4-6-10(15)13(18)19)11-7-2-3-8-12(11)17(21)22/h2-3,7-8,10H,4-6,9,15H2,1H3,(H,18,19)/t10-/m0/s1. The highest BCUT2D eigenvalue weighted by Gasteiger charge is 2.24. The third-order valence-electron chi connectivity index (χ3n) is 3.23. The van der Waals surface area contributed by atoms with Crippen molar-refractivity contribution in [3.8, 4) is 0 Å². The van der Waals surface area contributed by atoms with E-state index in [1.807, 2.05) is 0 Å². The van der Waals surface area contributed by atoms with Gasteiger partial charge >= 0.3 is 12.1 Å². The van der Waals surface area contributed by atoms with Crippen molar-refractivity contribution in [2.75, 3.05) is 18.6 Å². The van der Waals surface area contributed by atoms with Gasteiger partial charge < -0.3 is 15.6 Å². The number of para-hydroxylation sites is 2. The van der Waals surface area contributed by atoms with Gasteiger partial charge in [-0.25, -0.2) is 4.79 Å². The van der Waals surface area contributed by atoms with Crippen molar-refractivity contribution in [1.82, 2.24) is 0 Å². The van der Waals surface area contributed by atoms with E-state index in [0.717, 1.165) is 4.90 Å². The second-order valence-corrected chi connectivity index (χ2v) is 4.81. The van der Waals surface area contributed by atoms with Crippen molar-refractivity contribution in [3.63, 3.8) is 0 Å². The molecule has 1 aromatic carbocycles. The van der Waals surface area contributed by atoms with Gasteiger partial charge in [-0.2, -0.15) is 0 Å². The van der Waals surface area contributed by atoms with E-state index in [4.69, 9.17) is 10.8 Å². The number of nitro groups is 1. The fraction of sp³-hybridized carbons (Fsp3) is 0.429. The summed E-state index contributed by atoms with van der Waals surface area (Å²) in [6.45, 7) is 0.157. The molecule has 1 rings (SSSR count). The molecule has 126 valence electrons. The second-order valence-electron chi connectivity index (χ2n) is 4.81. The van der Waals surface area contributed by atoms with E-state index in [1.54, 1.807) is 6.07 Å². The van der Waals surface area contributed by atoms with Crippen LogP contribution in [-0.2, 0) is 9.53 Å². The molecule has 9 heteroatoms. The summed E-state index contributed by atoms with van der Waals surface area (Å²) in [5.41, 5.74) is 5.32. The van der Waals surface area contributed by atoms with Crippen LogP contribution in [0.25, 0.3) is 0 Å². The minimum Gasteiger partial charge on any atom is -0.480 e. The van der Waals surface area contributed by atoms with E-state index in [-0.39, 0.29) is 24.3 Å². The summed E-state index contributed by atoms with van der Waals surface area (Å²) in [4.78, 5) is 34.2. The number of hydrogen-bond acceptors (Lipinski definition) is 6. The lowest BCUT2D eigenvalue weighted by molar-refractivity contribution is -0.384. The number of nitrogens with two attached hydrogens (primary N) is 1. The summed E-state index contributed by atoms with van der Waals surface area (Å²) in [6.07, 6.45) is 0.423. The van der Waals surface area contributed by atoms with Crippen LogP contribution in [0.15, 0.2) is 24.3 Å². The lowest BCUT2D eigenvalue weighted by atomic mass is 10.1. The number of nitro benzene ring substituents is 1. The summed E-state index contributed by atoms with van der Waals surface area (Å²) in [5, 5.41) is 19.8. The van der Waals surface area contributed by atoms with Crippen LogP contribution in [0, 0.1) is 10.1 Å². The summed E-state index contributed by atoms with van der Waals surface area (Å²) >= 11 is 0. The zero-order chi connectivity index (χ0) is 17.4. The minimum atomic E-state index is -1.09. The van der Waals surface area contributed by atoms with E-state index in [2.05, 4.69) is 4.74 Å². The Bertz CT molecular complexity index is 577. The number of ether oxygens (including phenoxy) is 1. The van der Waals surface area contributed by atoms with Gasteiger partial charge in [0.15, 0.2) is 0 Å². The number of carboxylic acids is 1. The molecule has 0 aliphatic carbocycles. The van der Waals surface area contributed by atoms with Gasteiger partial charge in [0.2, 0.25) is 0 Å². The van der Waals surface area contributed by atoms with Crippen LogP contribution in [0.1, 0.15) is 19.3 Å². The van der Waals surface area contributed by atoms with Crippen molar-refractivity contribution in [2.45, 2.75) is 25.3 Å². The van der Waals surface area contributed by atoms with Gasteiger partial charge in [0.25, 0.3) is 5.69 Å². The summed E-state index contributed by atoms with van der Waals surface area (Å²) < 4.78 is 4.66. The van der Waals surface area contributed by atoms with Crippen molar-refractivity contribution in [2.24, 2.45) is 5.73 Å². The number of amides is 1. The largest absolute Gasteiger partial charge is 0.480 e. The fourth-order valence-corrected chi connectivity index (χ4v) is 2.02. The van der Waals surface area contributed by atoms with Crippen molar-refractivity contribution < 1.29 is 24.4 Å². The first kappa shape index (κ1) is 18.4. The maximum absolute atomic E-state index is 11.9. The monoisotopic (exact) mass is 325 g/mol. The molecule has 0 saturated heterocycles. The van der Waals surface area contributed by atoms with Crippen LogP contribution in [0.4, 0.5) is 16.2 Å². The van der Waals surface area contributed by atoms with Crippen molar-refractivity contribution in [3.05, 3.63) is 34.4 Å². The van der Waals surface area contributed by atoms with E-state index in [0.29, 0.717) is 12.8 Å². The zero-order valence-electron chi connectivity index (χ0n) is 12.7. The lowest BCUT2D eigenvalue weighted by Gasteiger charge is -2.21. The fourth-order valence-electron chi connectivity index (χ4n) is 2.02. The predicted octanol–water partition coefficient (Wildman–Crippen LogP) is 1.75. The molecule has 0 aliphatic heterocycles. The molecule has 0 aliphatic rings. The van der Waals surface area contributed by atoms with Gasteiger partial charge in [-0.1, -0.05) is 12.1 Å². The number of nitrogens with zero attached hydrogens (tertiary/aromatic N) is 2. The molecule has 0 aromatic heterocycles. The summed E-state index contributed by atoms with van der Waals surface area (Å²) in [7, 11) is 1.18. The van der Waals surface area contributed by atoms with Crippen LogP contribution < -0.4 is 10.6 Å². The van der Waals surface area contributed by atoms with Crippen LogP contribution in [-0.4, -0.2) is 41.8 Å². The number of carbonyl (C=O) groups is 2. The zero-order valence-corrected chi connectivity index (χ0v) is 12.7. The smallest absolute Gasteiger partial charge is 0.414 e. The molecule has 9 nitrogen and oxygen atoms in total. The Labute approximate surface area is 132 Å². The Balaban J connectivity index is 2.81. The maximum atomic E-state index is 11.9. The maximum Gasteiger partial charge on any atom is 0.414 e. The molecular formula is C14H19N3O6. The number of carboxylic acid groups (broad SMARTS) is 1. The average molecular weight is 325 g/mol. The van der Waals surface area contributed by atoms with Gasteiger partial charge in [-0.15, -0.1) is 0 Å². The number of benzene rings is 1. The first-order chi connectivity index (χ1) is 10.9. The van der Waals surface area contributed by atoms with Crippen molar-refractivity contribution in [1.29, 1.82) is 0 Å². The molecule has 23 heavy (non-hydrogen) atoms. The molecule has 0 fully saturated rings. The highest BCUT2D eigenvalue weighted by Crippen LogP contribution is 2.28. The van der Waals surface area contributed by atoms with Crippen LogP contribution in [0.3, 0.4) is 0 Å². The van der Waals surface area contributed by atoms with Gasteiger partial charge in [0, 0.05) is 12.6 Å². The Morgan fingerprint density at radius 1 is 1.39 bits per heavy atom. The molecule has 0 bridgehead atoms. The normalized spacial score (nSPS) is 11.6. The number of anilines is 1. The quantitative estimate of drug-likeness (QED) is 0.422. The molecule has 3 N–H and O–H groups in total. The van der Waals surface area contributed by atoms with Gasteiger partial charge in [-0.05, 0) is 25.3 Å². The summed E-state index contributed by atoms with van der Waals surface area (Å²) in [5.74, 6) is -1.09. The predicted molar refractivity (Wildman–Crippen MR) is 82.3 cm³/mol. The molecule has 0 heterocycles.